The number of rotatable bonds is 3. The van der Waals surface area contributed by atoms with E-state index in [2.05, 4.69) is 5.32 Å². The van der Waals surface area contributed by atoms with Gasteiger partial charge in [0.15, 0.2) is 6.54 Å². The zero-order chi connectivity index (χ0) is 14.7. The fourth-order valence-electron chi connectivity index (χ4n) is 3.94. The van der Waals surface area contributed by atoms with Crippen molar-refractivity contribution in [1.82, 2.24) is 0 Å². The summed E-state index contributed by atoms with van der Waals surface area (Å²) in [6.45, 7) is 2.87. The number of carbonyl (C=O) groups excluding carboxylic acids is 1. The van der Waals surface area contributed by atoms with Gasteiger partial charge in [-0.05, 0) is 37.3 Å². The number of piperidine rings is 1. The van der Waals surface area contributed by atoms with Crippen molar-refractivity contribution >= 4 is 23.2 Å². The molecule has 1 aromatic rings. The number of quaternary nitrogens is 1. The Morgan fingerprint density at radius 2 is 1.95 bits per heavy atom. The van der Waals surface area contributed by atoms with Gasteiger partial charge in [-0.3, -0.25) is 4.79 Å². The number of carbonyl (C=O) groups is 1. The summed E-state index contributed by atoms with van der Waals surface area (Å²) >= 11 is 6.08. The van der Waals surface area contributed by atoms with Crippen LogP contribution in [0.15, 0.2) is 24.3 Å². The van der Waals surface area contributed by atoms with Gasteiger partial charge in [0.05, 0.1) is 23.8 Å². The van der Waals surface area contributed by atoms with E-state index >= 15 is 0 Å². The number of likely N-dealkylation sites (tertiary alicyclic amines) is 1. The SMILES string of the molecule is O=C(C[NH+]1CC[C@H]2CCCC[C@@H]2C1)Nc1ccccc1Cl. The zero-order valence-corrected chi connectivity index (χ0v) is 13.2. The Morgan fingerprint density at radius 3 is 2.76 bits per heavy atom. The molecule has 1 aromatic carbocycles. The molecule has 1 unspecified atom stereocenters. The number of hydrogen-bond acceptors (Lipinski definition) is 1. The first kappa shape index (κ1) is 14.9. The number of para-hydroxylation sites is 1. The number of benzene rings is 1. The fourth-order valence-corrected chi connectivity index (χ4v) is 4.12. The highest BCUT2D eigenvalue weighted by Crippen LogP contribution is 2.32. The molecule has 2 N–H and O–H groups in total. The summed E-state index contributed by atoms with van der Waals surface area (Å²) in [4.78, 5) is 13.6. The Bertz CT molecular complexity index is 505. The second kappa shape index (κ2) is 6.80. The summed E-state index contributed by atoms with van der Waals surface area (Å²) in [6.07, 6.45) is 6.84. The van der Waals surface area contributed by atoms with Gasteiger partial charge in [-0.25, -0.2) is 0 Å². The zero-order valence-electron chi connectivity index (χ0n) is 12.4. The number of anilines is 1. The van der Waals surface area contributed by atoms with E-state index in [-0.39, 0.29) is 5.91 Å². The van der Waals surface area contributed by atoms with Crippen molar-refractivity contribution in [1.29, 1.82) is 0 Å². The Hall–Kier alpha value is -1.06. The third-order valence-corrected chi connectivity index (χ3v) is 5.37. The van der Waals surface area contributed by atoms with E-state index in [1.807, 2.05) is 18.2 Å². The summed E-state index contributed by atoms with van der Waals surface area (Å²) in [5, 5.41) is 3.54. The lowest BCUT2D eigenvalue weighted by Crippen LogP contribution is -3.15. The highest BCUT2D eigenvalue weighted by molar-refractivity contribution is 6.33. The molecule has 21 heavy (non-hydrogen) atoms. The molecular formula is C17H24ClN2O+. The van der Waals surface area contributed by atoms with E-state index in [9.17, 15) is 4.79 Å². The van der Waals surface area contributed by atoms with Gasteiger partial charge >= 0.3 is 0 Å². The van der Waals surface area contributed by atoms with Crippen molar-refractivity contribution in [3.8, 4) is 0 Å². The largest absolute Gasteiger partial charge is 0.327 e. The van der Waals surface area contributed by atoms with Crippen molar-refractivity contribution in [3.63, 3.8) is 0 Å². The minimum absolute atomic E-state index is 0.0763. The van der Waals surface area contributed by atoms with Crippen LogP contribution in [0.1, 0.15) is 32.1 Å². The third-order valence-electron chi connectivity index (χ3n) is 5.04. The Labute approximate surface area is 131 Å². The molecule has 0 bridgehead atoms. The van der Waals surface area contributed by atoms with Crippen LogP contribution < -0.4 is 10.2 Å². The number of amides is 1. The maximum atomic E-state index is 12.2. The molecule has 1 saturated carbocycles. The maximum absolute atomic E-state index is 12.2. The second-order valence-corrected chi connectivity index (χ2v) is 6.91. The van der Waals surface area contributed by atoms with E-state index < -0.39 is 0 Å². The molecule has 1 heterocycles. The van der Waals surface area contributed by atoms with Gasteiger partial charge in [0.2, 0.25) is 0 Å². The maximum Gasteiger partial charge on any atom is 0.279 e. The Balaban J connectivity index is 1.52. The lowest BCUT2D eigenvalue weighted by Gasteiger charge is -2.38. The van der Waals surface area contributed by atoms with Gasteiger partial charge in [0, 0.05) is 5.92 Å². The van der Waals surface area contributed by atoms with E-state index in [4.69, 9.17) is 11.6 Å². The number of halogens is 1. The molecule has 1 amide bonds. The van der Waals surface area contributed by atoms with Crippen LogP contribution in [0.5, 0.6) is 0 Å². The molecule has 0 radical (unpaired) electrons. The van der Waals surface area contributed by atoms with Crippen LogP contribution in [0.25, 0.3) is 0 Å². The molecule has 3 atom stereocenters. The molecule has 1 aliphatic carbocycles. The fraction of sp³-hybridized carbons (Fsp3) is 0.588. The summed E-state index contributed by atoms with van der Waals surface area (Å²) in [7, 11) is 0. The van der Waals surface area contributed by atoms with Crippen LogP contribution in [0.3, 0.4) is 0 Å². The van der Waals surface area contributed by atoms with Crippen LogP contribution in [-0.2, 0) is 4.79 Å². The van der Waals surface area contributed by atoms with Crippen LogP contribution in [0.4, 0.5) is 5.69 Å². The van der Waals surface area contributed by atoms with Gasteiger partial charge in [-0.2, -0.15) is 0 Å². The van der Waals surface area contributed by atoms with Gasteiger partial charge in [-0.15, -0.1) is 0 Å². The first-order chi connectivity index (χ1) is 10.2. The smallest absolute Gasteiger partial charge is 0.279 e. The van der Waals surface area contributed by atoms with Crippen molar-refractivity contribution in [2.45, 2.75) is 32.1 Å². The number of hydrogen-bond donors (Lipinski definition) is 2. The predicted molar refractivity (Wildman–Crippen MR) is 85.7 cm³/mol. The van der Waals surface area contributed by atoms with Crippen LogP contribution in [0.2, 0.25) is 5.02 Å². The second-order valence-electron chi connectivity index (χ2n) is 6.50. The number of nitrogens with one attached hydrogen (secondary N) is 2. The summed E-state index contributed by atoms with van der Waals surface area (Å²) in [5.74, 6) is 1.84. The Morgan fingerprint density at radius 1 is 1.19 bits per heavy atom. The minimum atomic E-state index is 0.0763. The standard InChI is InChI=1S/C17H23ClN2O/c18-15-7-3-4-8-16(15)19-17(21)12-20-10-9-13-5-1-2-6-14(13)11-20/h3-4,7-8,13-14H,1-2,5-6,9-12H2,(H,19,21)/p+1/t13-,14-/m1/s1. The predicted octanol–water partition coefficient (Wildman–Crippen LogP) is 2.37. The molecule has 3 nitrogen and oxygen atoms in total. The molecular weight excluding hydrogens is 284 g/mol. The highest BCUT2D eigenvalue weighted by Gasteiger charge is 2.34. The molecule has 3 rings (SSSR count). The van der Waals surface area contributed by atoms with Crippen LogP contribution >= 0.6 is 11.6 Å². The van der Waals surface area contributed by atoms with Crippen molar-refractivity contribution in [3.05, 3.63) is 29.3 Å². The Kier molecular flexibility index (Phi) is 4.81. The van der Waals surface area contributed by atoms with Crippen LogP contribution in [0, 0.1) is 11.8 Å². The van der Waals surface area contributed by atoms with E-state index in [0.29, 0.717) is 11.6 Å². The normalized spacial score (nSPS) is 28.7. The first-order valence-corrected chi connectivity index (χ1v) is 8.48. The quantitative estimate of drug-likeness (QED) is 0.883. The van der Waals surface area contributed by atoms with E-state index in [1.54, 1.807) is 6.07 Å². The summed E-state index contributed by atoms with van der Waals surface area (Å²) in [6, 6.07) is 7.42. The van der Waals surface area contributed by atoms with Gasteiger partial charge < -0.3 is 10.2 Å². The van der Waals surface area contributed by atoms with Crippen LogP contribution in [-0.4, -0.2) is 25.5 Å². The van der Waals surface area contributed by atoms with Crippen molar-refractivity contribution < 1.29 is 9.69 Å². The molecule has 4 heteroatoms. The first-order valence-electron chi connectivity index (χ1n) is 8.10. The minimum Gasteiger partial charge on any atom is -0.327 e. The average Bonchev–Trinajstić information content (AvgIpc) is 2.49. The van der Waals surface area contributed by atoms with E-state index in [1.165, 1.54) is 43.5 Å². The summed E-state index contributed by atoms with van der Waals surface area (Å²) < 4.78 is 0. The number of fused-ring (bicyclic) bond motifs is 1. The lowest BCUT2D eigenvalue weighted by atomic mass is 9.75. The topological polar surface area (TPSA) is 33.5 Å². The third kappa shape index (κ3) is 3.78. The highest BCUT2D eigenvalue weighted by atomic mass is 35.5. The monoisotopic (exact) mass is 307 g/mol. The lowest BCUT2D eigenvalue weighted by molar-refractivity contribution is -0.902. The van der Waals surface area contributed by atoms with Gasteiger partial charge in [-0.1, -0.05) is 36.6 Å². The molecule has 0 spiro atoms. The molecule has 114 valence electrons. The van der Waals surface area contributed by atoms with E-state index in [0.717, 1.165) is 24.1 Å². The molecule has 0 aromatic heterocycles. The summed E-state index contributed by atoms with van der Waals surface area (Å²) in [5.41, 5.74) is 0.719. The molecule has 1 aliphatic heterocycles. The van der Waals surface area contributed by atoms with Gasteiger partial charge in [0.25, 0.3) is 5.91 Å². The van der Waals surface area contributed by atoms with Crippen molar-refractivity contribution in [2.24, 2.45) is 11.8 Å². The molecule has 1 saturated heterocycles. The molecule has 2 fully saturated rings. The van der Waals surface area contributed by atoms with Crippen molar-refractivity contribution in [2.75, 3.05) is 25.0 Å². The van der Waals surface area contributed by atoms with Gasteiger partial charge in [0.1, 0.15) is 0 Å². The average molecular weight is 308 g/mol. The molecule has 2 aliphatic rings.